The first-order valence-electron chi connectivity index (χ1n) is 6.62. The van der Waals surface area contributed by atoms with Crippen molar-refractivity contribution in [1.29, 1.82) is 0 Å². The monoisotopic (exact) mass is 306 g/mol. The van der Waals surface area contributed by atoms with Crippen LogP contribution in [0.3, 0.4) is 0 Å². The number of carbonyl (C=O) groups is 2. The van der Waals surface area contributed by atoms with E-state index in [-0.39, 0.29) is 5.92 Å². The third-order valence-corrected chi connectivity index (χ3v) is 3.90. The molecule has 0 bridgehead atoms. The molecule has 1 aliphatic heterocycles. The molecule has 8 heteroatoms. The Bertz CT molecular complexity index is 474. The van der Waals surface area contributed by atoms with Crippen LogP contribution in [0.2, 0.25) is 0 Å². The van der Waals surface area contributed by atoms with Crippen LogP contribution in [0, 0.1) is 5.92 Å². The predicted molar refractivity (Wildman–Crippen MR) is 73.6 cm³/mol. The summed E-state index contributed by atoms with van der Waals surface area (Å²) < 4.78 is 25.0. The average Bonchev–Trinajstić information content (AvgIpc) is 2.73. The minimum Gasteiger partial charge on any atom is -0.480 e. The van der Waals surface area contributed by atoms with Gasteiger partial charge in [-0.05, 0) is 25.2 Å². The number of rotatable bonds is 6. The molecule has 1 saturated heterocycles. The van der Waals surface area contributed by atoms with Crippen LogP contribution >= 0.6 is 0 Å². The lowest BCUT2D eigenvalue weighted by atomic mass is 10.0. The Morgan fingerprint density at radius 3 is 2.45 bits per heavy atom. The molecule has 0 aromatic heterocycles. The Kier molecular flexibility index (Phi) is 5.52. The first-order valence-corrected chi connectivity index (χ1v) is 8.51. The molecule has 1 amide bonds. The lowest BCUT2D eigenvalue weighted by Crippen LogP contribution is -2.51. The van der Waals surface area contributed by atoms with Crippen molar-refractivity contribution < 1.29 is 23.1 Å². The van der Waals surface area contributed by atoms with Crippen LogP contribution in [0.1, 0.15) is 33.1 Å². The second kappa shape index (κ2) is 6.53. The summed E-state index contributed by atoms with van der Waals surface area (Å²) in [5, 5.41) is 9.10. The minimum absolute atomic E-state index is 0.115. The number of hydrogen-bond acceptors (Lipinski definition) is 4. The standard InChI is InChI=1S/C12H22N2O5S/c1-8(2)7-9(13-20(3,18)19)11(15)14-6-4-5-10(14)12(16)17/h8-10,13H,4-7H2,1-3H3,(H,16,17)/t9?,10-/m0/s1. The number of carboxylic acid groups (broad SMARTS) is 1. The molecule has 1 unspecified atom stereocenters. The number of nitrogens with one attached hydrogen (secondary N) is 1. The SMILES string of the molecule is CC(C)CC(NS(C)(=O)=O)C(=O)N1CCC[C@H]1C(=O)O. The maximum Gasteiger partial charge on any atom is 0.326 e. The lowest BCUT2D eigenvalue weighted by Gasteiger charge is -2.27. The minimum atomic E-state index is -3.53. The summed E-state index contributed by atoms with van der Waals surface area (Å²) in [7, 11) is -3.53. The molecule has 0 saturated carbocycles. The summed E-state index contributed by atoms with van der Waals surface area (Å²) in [5.74, 6) is -1.38. The Balaban J connectivity index is 2.89. The van der Waals surface area contributed by atoms with Gasteiger partial charge in [0.1, 0.15) is 12.1 Å². The van der Waals surface area contributed by atoms with Gasteiger partial charge in [-0.2, -0.15) is 0 Å². The number of sulfonamides is 1. The molecular formula is C12H22N2O5S. The summed E-state index contributed by atoms with van der Waals surface area (Å²) in [4.78, 5) is 24.8. The van der Waals surface area contributed by atoms with Gasteiger partial charge in [-0.1, -0.05) is 13.8 Å². The molecule has 7 nitrogen and oxygen atoms in total. The van der Waals surface area contributed by atoms with Gasteiger partial charge in [0.05, 0.1) is 6.26 Å². The quantitative estimate of drug-likeness (QED) is 0.720. The number of carbonyl (C=O) groups excluding carboxylic acids is 1. The highest BCUT2D eigenvalue weighted by Crippen LogP contribution is 2.20. The van der Waals surface area contributed by atoms with Crippen LogP contribution in [0.5, 0.6) is 0 Å². The van der Waals surface area contributed by atoms with Gasteiger partial charge in [0.2, 0.25) is 15.9 Å². The summed E-state index contributed by atoms with van der Waals surface area (Å²) in [5.41, 5.74) is 0. The fourth-order valence-corrected chi connectivity index (χ4v) is 3.13. The molecule has 116 valence electrons. The molecule has 0 aromatic rings. The Morgan fingerprint density at radius 1 is 1.40 bits per heavy atom. The zero-order chi connectivity index (χ0) is 15.5. The third-order valence-electron chi connectivity index (χ3n) is 3.18. The van der Waals surface area contributed by atoms with E-state index in [2.05, 4.69) is 4.72 Å². The van der Waals surface area contributed by atoms with Crippen LogP contribution in [-0.4, -0.2) is 55.2 Å². The highest BCUT2D eigenvalue weighted by molar-refractivity contribution is 7.88. The lowest BCUT2D eigenvalue weighted by molar-refractivity contribution is -0.149. The summed E-state index contributed by atoms with van der Waals surface area (Å²) in [6, 6.07) is -1.75. The van der Waals surface area contributed by atoms with Gasteiger partial charge in [-0.25, -0.2) is 17.9 Å². The van der Waals surface area contributed by atoms with Crippen LogP contribution in [0.4, 0.5) is 0 Å². The van der Waals surface area contributed by atoms with Gasteiger partial charge in [-0.3, -0.25) is 4.79 Å². The van der Waals surface area contributed by atoms with Gasteiger partial charge in [0.15, 0.2) is 0 Å². The Morgan fingerprint density at radius 2 is 2.00 bits per heavy atom. The van der Waals surface area contributed by atoms with Crippen molar-refractivity contribution in [1.82, 2.24) is 9.62 Å². The van der Waals surface area contributed by atoms with Crippen molar-refractivity contribution in [3.8, 4) is 0 Å². The smallest absolute Gasteiger partial charge is 0.326 e. The van der Waals surface area contributed by atoms with Crippen LogP contribution in [-0.2, 0) is 19.6 Å². The molecule has 1 rings (SSSR count). The van der Waals surface area contributed by atoms with E-state index in [1.807, 2.05) is 13.8 Å². The maximum atomic E-state index is 12.4. The van der Waals surface area contributed by atoms with Gasteiger partial charge in [0.25, 0.3) is 0 Å². The van der Waals surface area contributed by atoms with E-state index in [0.29, 0.717) is 25.8 Å². The van der Waals surface area contributed by atoms with Crippen molar-refractivity contribution in [2.75, 3.05) is 12.8 Å². The molecule has 0 spiro atoms. The number of aliphatic carboxylic acids is 1. The van der Waals surface area contributed by atoms with E-state index < -0.39 is 34.0 Å². The number of nitrogens with zero attached hydrogens (tertiary/aromatic N) is 1. The van der Waals surface area contributed by atoms with Crippen LogP contribution in [0.15, 0.2) is 0 Å². The Labute approximate surface area is 119 Å². The molecule has 20 heavy (non-hydrogen) atoms. The molecule has 1 fully saturated rings. The van der Waals surface area contributed by atoms with E-state index in [0.717, 1.165) is 6.26 Å². The Hall–Kier alpha value is -1.15. The highest BCUT2D eigenvalue weighted by atomic mass is 32.2. The average molecular weight is 306 g/mol. The molecule has 0 aliphatic carbocycles. The number of carboxylic acids is 1. The van der Waals surface area contributed by atoms with E-state index >= 15 is 0 Å². The van der Waals surface area contributed by atoms with E-state index in [1.54, 1.807) is 0 Å². The topological polar surface area (TPSA) is 104 Å². The third kappa shape index (κ3) is 4.75. The normalized spacial score (nSPS) is 21.2. The van der Waals surface area contributed by atoms with Gasteiger partial charge in [0, 0.05) is 6.54 Å². The van der Waals surface area contributed by atoms with E-state index in [1.165, 1.54) is 4.90 Å². The van der Waals surface area contributed by atoms with E-state index in [9.17, 15) is 18.0 Å². The van der Waals surface area contributed by atoms with Crippen molar-refractivity contribution >= 4 is 21.9 Å². The highest BCUT2D eigenvalue weighted by Gasteiger charge is 2.37. The van der Waals surface area contributed by atoms with Crippen molar-refractivity contribution in [2.24, 2.45) is 5.92 Å². The number of amides is 1. The molecule has 0 radical (unpaired) electrons. The van der Waals surface area contributed by atoms with Crippen LogP contribution < -0.4 is 4.72 Å². The van der Waals surface area contributed by atoms with Crippen molar-refractivity contribution in [3.63, 3.8) is 0 Å². The van der Waals surface area contributed by atoms with Gasteiger partial charge < -0.3 is 10.0 Å². The first kappa shape index (κ1) is 16.9. The first-order chi connectivity index (χ1) is 9.11. The summed E-state index contributed by atoms with van der Waals surface area (Å²) in [6.45, 7) is 4.11. The van der Waals surface area contributed by atoms with Crippen molar-refractivity contribution in [3.05, 3.63) is 0 Å². The van der Waals surface area contributed by atoms with Gasteiger partial charge >= 0.3 is 5.97 Å². The number of likely N-dealkylation sites (tertiary alicyclic amines) is 1. The fraction of sp³-hybridized carbons (Fsp3) is 0.833. The molecule has 2 N–H and O–H groups in total. The maximum absolute atomic E-state index is 12.4. The number of hydrogen-bond donors (Lipinski definition) is 2. The molecule has 2 atom stereocenters. The zero-order valence-corrected chi connectivity index (χ0v) is 12.8. The van der Waals surface area contributed by atoms with E-state index in [4.69, 9.17) is 5.11 Å². The molecular weight excluding hydrogens is 284 g/mol. The predicted octanol–water partition coefficient (Wildman–Crippen LogP) is 0.0259. The second-order valence-corrected chi connectivity index (χ2v) is 7.38. The zero-order valence-electron chi connectivity index (χ0n) is 12.0. The molecule has 1 aliphatic rings. The largest absolute Gasteiger partial charge is 0.480 e. The molecule has 0 aromatic carbocycles. The molecule has 1 heterocycles. The van der Waals surface area contributed by atoms with Crippen LogP contribution in [0.25, 0.3) is 0 Å². The summed E-state index contributed by atoms with van der Waals surface area (Å²) in [6.07, 6.45) is 2.37. The fourth-order valence-electron chi connectivity index (χ4n) is 2.42. The van der Waals surface area contributed by atoms with Crippen molar-refractivity contribution in [2.45, 2.75) is 45.2 Å². The summed E-state index contributed by atoms with van der Waals surface area (Å²) >= 11 is 0. The van der Waals surface area contributed by atoms with Gasteiger partial charge in [-0.15, -0.1) is 0 Å². The second-order valence-electron chi connectivity index (χ2n) is 5.60.